The number of fused-ring (bicyclic) bond motifs is 1. The van der Waals surface area contributed by atoms with Crippen LogP contribution in [0.1, 0.15) is 18.4 Å². The molecule has 3 heterocycles. The van der Waals surface area contributed by atoms with E-state index in [9.17, 15) is 9.18 Å². The first-order chi connectivity index (χ1) is 13.5. The zero-order valence-electron chi connectivity index (χ0n) is 15.9. The molecule has 1 aromatic heterocycles. The predicted molar refractivity (Wildman–Crippen MR) is 106 cm³/mol. The Morgan fingerprint density at radius 2 is 2.25 bits per heavy atom. The van der Waals surface area contributed by atoms with Gasteiger partial charge < -0.3 is 10.2 Å². The van der Waals surface area contributed by atoms with Gasteiger partial charge >= 0.3 is 0 Å². The van der Waals surface area contributed by atoms with Gasteiger partial charge in [-0.25, -0.2) is 4.39 Å². The molecule has 0 saturated carbocycles. The average Bonchev–Trinajstić information content (AvgIpc) is 3.28. The van der Waals surface area contributed by atoms with Crippen LogP contribution in [-0.4, -0.2) is 65.1 Å². The SMILES string of the molecule is Cc1cccc2c(N[C@@H]3CCN(CC(=O)N4C[C@@H](F)CC4C#N)C3)ccnc12. The van der Waals surface area contributed by atoms with Gasteiger partial charge in [0.2, 0.25) is 5.91 Å². The van der Waals surface area contributed by atoms with Crippen LogP contribution >= 0.6 is 0 Å². The van der Waals surface area contributed by atoms with Crippen molar-refractivity contribution >= 4 is 22.5 Å². The largest absolute Gasteiger partial charge is 0.380 e. The normalized spacial score (nSPS) is 25.2. The van der Waals surface area contributed by atoms with Gasteiger partial charge in [-0.1, -0.05) is 18.2 Å². The third kappa shape index (κ3) is 3.65. The predicted octanol–water partition coefficient (Wildman–Crippen LogP) is 2.49. The number of aryl methyl sites for hydroxylation is 1. The number of para-hydroxylation sites is 1. The van der Waals surface area contributed by atoms with Crippen LogP contribution in [0.25, 0.3) is 10.9 Å². The van der Waals surface area contributed by atoms with Crippen LogP contribution < -0.4 is 5.32 Å². The molecular weight excluding hydrogens is 357 g/mol. The van der Waals surface area contributed by atoms with Crippen LogP contribution in [0.5, 0.6) is 0 Å². The second kappa shape index (κ2) is 7.72. The first kappa shape index (κ1) is 18.6. The van der Waals surface area contributed by atoms with Crippen molar-refractivity contribution in [2.24, 2.45) is 0 Å². The molecular formula is C21H24FN5O. The molecule has 146 valence electrons. The topological polar surface area (TPSA) is 72.3 Å². The molecule has 3 atom stereocenters. The molecule has 7 heteroatoms. The quantitative estimate of drug-likeness (QED) is 0.881. The number of benzene rings is 1. The molecule has 2 aliphatic rings. The first-order valence-corrected chi connectivity index (χ1v) is 9.71. The molecule has 0 spiro atoms. The van der Waals surface area contributed by atoms with Crippen LogP contribution in [0, 0.1) is 18.3 Å². The highest BCUT2D eigenvalue weighted by molar-refractivity contribution is 5.93. The van der Waals surface area contributed by atoms with Crippen molar-refractivity contribution < 1.29 is 9.18 Å². The Hall–Kier alpha value is -2.72. The monoisotopic (exact) mass is 381 g/mol. The molecule has 0 aliphatic carbocycles. The van der Waals surface area contributed by atoms with Gasteiger partial charge in [0, 0.05) is 42.8 Å². The second-order valence-electron chi connectivity index (χ2n) is 7.72. The minimum atomic E-state index is -1.09. The summed E-state index contributed by atoms with van der Waals surface area (Å²) < 4.78 is 13.6. The highest BCUT2D eigenvalue weighted by Crippen LogP contribution is 2.26. The lowest BCUT2D eigenvalue weighted by atomic mass is 10.1. The van der Waals surface area contributed by atoms with Crippen LogP contribution in [0.15, 0.2) is 30.5 Å². The number of amides is 1. The van der Waals surface area contributed by atoms with E-state index in [0.29, 0.717) is 0 Å². The number of pyridine rings is 1. The van der Waals surface area contributed by atoms with Crippen molar-refractivity contribution in [1.82, 2.24) is 14.8 Å². The fraction of sp³-hybridized carbons (Fsp3) is 0.476. The number of aromatic nitrogens is 1. The molecule has 2 fully saturated rings. The number of hydrogen-bond donors (Lipinski definition) is 1. The summed E-state index contributed by atoms with van der Waals surface area (Å²) in [5.41, 5.74) is 3.19. The maximum atomic E-state index is 13.6. The summed E-state index contributed by atoms with van der Waals surface area (Å²) in [7, 11) is 0. The number of halogens is 1. The fourth-order valence-corrected chi connectivity index (χ4v) is 4.23. The number of carbonyl (C=O) groups is 1. The van der Waals surface area contributed by atoms with Gasteiger partial charge in [-0.2, -0.15) is 5.26 Å². The van der Waals surface area contributed by atoms with Crippen LogP contribution in [0.4, 0.5) is 10.1 Å². The third-order valence-electron chi connectivity index (χ3n) is 5.68. The Balaban J connectivity index is 1.38. The number of rotatable bonds is 4. The summed E-state index contributed by atoms with van der Waals surface area (Å²) in [4.78, 5) is 20.5. The average molecular weight is 381 g/mol. The number of nitrogens with one attached hydrogen (secondary N) is 1. The number of alkyl halides is 1. The lowest BCUT2D eigenvalue weighted by Crippen LogP contribution is -2.42. The van der Waals surface area contributed by atoms with E-state index in [0.717, 1.165) is 41.7 Å². The molecule has 28 heavy (non-hydrogen) atoms. The summed E-state index contributed by atoms with van der Waals surface area (Å²) in [6, 6.07) is 9.78. The highest BCUT2D eigenvalue weighted by atomic mass is 19.1. The summed E-state index contributed by atoms with van der Waals surface area (Å²) >= 11 is 0. The molecule has 0 radical (unpaired) electrons. The van der Waals surface area contributed by atoms with E-state index < -0.39 is 12.2 Å². The van der Waals surface area contributed by atoms with Crippen molar-refractivity contribution in [2.75, 3.05) is 31.5 Å². The maximum Gasteiger partial charge on any atom is 0.237 e. The van der Waals surface area contributed by atoms with E-state index in [1.54, 1.807) is 0 Å². The molecule has 1 aromatic carbocycles. The molecule has 6 nitrogen and oxygen atoms in total. The second-order valence-corrected chi connectivity index (χ2v) is 7.72. The van der Waals surface area contributed by atoms with Crippen LogP contribution in [0.2, 0.25) is 0 Å². The minimum Gasteiger partial charge on any atom is -0.380 e. The molecule has 4 rings (SSSR count). The number of hydrogen-bond acceptors (Lipinski definition) is 5. The Bertz CT molecular complexity index is 927. The zero-order valence-corrected chi connectivity index (χ0v) is 15.9. The number of likely N-dealkylation sites (tertiary alicyclic amines) is 2. The van der Waals surface area contributed by atoms with Gasteiger partial charge in [0.1, 0.15) is 12.2 Å². The first-order valence-electron chi connectivity index (χ1n) is 9.71. The smallest absolute Gasteiger partial charge is 0.237 e. The van der Waals surface area contributed by atoms with E-state index in [1.807, 2.05) is 24.4 Å². The fourth-order valence-electron chi connectivity index (χ4n) is 4.23. The van der Waals surface area contributed by atoms with Crippen molar-refractivity contribution in [2.45, 2.75) is 38.0 Å². The van der Waals surface area contributed by atoms with Gasteiger partial charge in [0.05, 0.1) is 24.7 Å². The van der Waals surface area contributed by atoms with Crippen molar-refractivity contribution in [1.29, 1.82) is 5.26 Å². The van der Waals surface area contributed by atoms with Crippen molar-refractivity contribution in [3.63, 3.8) is 0 Å². The number of carbonyl (C=O) groups excluding carboxylic acids is 1. The molecule has 1 amide bonds. The van der Waals surface area contributed by atoms with E-state index in [4.69, 9.17) is 5.26 Å². The van der Waals surface area contributed by atoms with Crippen LogP contribution in [-0.2, 0) is 4.79 Å². The highest BCUT2D eigenvalue weighted by Gasteiger charge is 2.36. The molecule has 1 N–H and O–H groups in total. The Labute approximate surface area is 163 Å². The summed E-state index contributed by atoms with van der Waals surface area (Å²) in [5, 5.41) is 13.8. The summed E-state index contributed by atoms with van der Waals surface area (Å²) in [5.74, 6) is -0.155. The van der Waals surface area contributed by atoms with Crippen LogP contribution in [0.3, 0.4) is 0 Å². The lowest BCUT2D eigenvalue weighted by molar-refractivity contribution is -0.132. The maximum absolute atomic E-state index is 13.6. The Morgan fingerprint density at radius 3 is 3.07 bits per heavy atom. The van der Waals surface area contributed by atoms with Gasteiger partial charge in [-0.3, -0.25) is 14.7 Å². The number of nitriles is 1. The van der Waals surface area contributed by atoms with Gasteiger partial charge in [0.15, 0.2) is 0 Å². The molecule has 1 unspecified atom stereocenters. The number of nitrogens with zero attached hydrogens (tertiary/aromatic N) is 4. The molecule has 2 saturated heterocycles. The summed E-state index contributed by atoms with van der Waals surface area (Å²) in [6.07, 6.45) is 1.78. The van der Waals surface area contributed by atoms with E-state index in [-0.39, 0.29) is 31.5 Å². The standard InChI is InChI=1S/C21H24FN5O/c1-14-3-2-4-18-19(5-7-24-21(14)18)25-16-6-8-26(12-16)13-20(28)27-11-15(22)9-17(27)10-23/h2-5,7,15-17H,6,8-9,11-13H2,1H3,(H,24,25)/t15-,16+,17?/m0/s1. The van der Waals surface area contributed by atoms with Crippen molar-refractivity contribution in [3.05, 3.63) is 36.0 Å². The lowest BCUT2D eigenvalue weighted by Gasteiger charge is -2.23. The van der Waals surface area contributed by atoms with E-state index >= 15 is 0 Å². The minimum absolute atomic E-state index is 0.0366. The molecule has 0 bridgehead atoms. The third-order valence-corrected chi connectivity index (χ3v) is 5.68. The summed E-state index contributed by atoms with van der Waals surface area (Å²) in [6.45, 7) is 3.87. The van der Waals surface area contributed by atoms with Gasteiger partial charge in [0.25, 0.3) is 0 Å². The van der Waals surface area contributed by atoms with E-state index in [2.05, 4.69) is 34.3 Å². The molecule has 2 aromatic rings. The number of anilines is 1. The molecule has 2 aliphatic heterocycles. The Morgan fingerprint density at radius 1 is 1.39 bits per heavy atom. The Kier molecular flexibility index (Phi) is 5.14. The van der Waals surface area contributed by atoms with Gasteiger partial charge in [-0.15, -0.1) is 0 Å². The van der Waals surface area contributed by atoms with Gasteiger partial charge in [-0.05, 0) is 25.0 Å². The van der Waals surface area contributed by atoms with E-state index in [1.165, 1.54) is 4.90 Å². The van der Waals surface area contributed by atoms with Crippen molar-refractivity contribution in [3.8, 4) is 6.07 Å². The zero-order chi connectivity index (χ0) is 19.7.